The third kappa shape index (κ3) is 4.73. The van der Waals surface area contributed by atoms with Crippen LogP contribution in [0.2, 0.25) is 0 Å². The fourth-order valence-electron chi connectivity index (χ4n) is 2.28. The van der Waals surface area contributed by atoms with Crippen molar-refractivity contribution in [2.75, 3.05) is 0 Å². The van der Waals surface area contributed by atoms with Crippen LogP contribution in [0, 0.1) is 0 Å². The normalized spacial score (nSPS) is 14.4. The molecule has 0 saturated carbocycles. The summed E-state index contributed by atoms with van der Waals surface area (Å²) in [5.74, 6) is -19.8. The maximum atomic E-state index is 14.0. The number of aliphatic imine (C=N–C) groups is 1. The lowest BCUT2D eigenvalue weighted by atomic mass is 10.0. The lowest BCUT2D eigenvalue weighted by molar-refractivity contribution is -0.400. The lowest BCUT2D eigenvalue weighted by Gasteiger charge is -2.33. The predicted molar refractivity (Wildman–Crippen MR) is 98.9 cm³/mol. The van der Waals surface area contributed by atoms with Gasteiger partial charge < -0.3 is 0 Å². The Labute approximate surface area is 180 Å². The van der Waals surface area contributed by atoms with Crippen molar-refractivity contribution in [1.29, 1.82) is 0 Å². The fraction of sp³-hybridized carbons (Fsp3) is 0.316. The number of hydrogen-bond acceptors (Lipinski definition) is 5. The van der Waals surface area contributed by atoms with Gasteiger partial charge in [0.1, 0.15) is 17.1 Å². The number of nitrogens with zero attached hydrogens (tertiary/aromatic N) is 5. The van der Waals surface area contributed by atoms with E-state index in [1.165, 1.54) is 31.5 Å². The molecule has 0 spiro atoms. The number of allylic oxidation sites excluding steroid dienone is 2. The monoisotopic (exact) mass is 483 g/mol. The van der Waals surface area contributed by atoms with Crippen molar-refractivity contribution < 1.29 is 39.5 Å². The second kappa shape index (κ2) is 8.90. The highest BCUT2D eigenvalue weighted by molar-refractivity contribution is 6.12. The van der Waals surface area contributed by atoms with Gasteiger partial charge in [-0.25, -0.2) is 15.0 Å². The first-order valence-electron chi connectivity index (χ1n) is 8.81. The molecule has 0 saturated heterocycles. The first kappa shape index (κ1) is 25.9. The van der Waals surface area contributed by atoms with Crippen LogP contribution in [0.3, 0.4) is 0 Å². The molecule has 178 valence electrons. The first-order valence-corrected chi connectivity index (χ1v) is 8.81. The fourth-order valence-corrected chi connectivity index (χ4v) is 2.28. The highest BCUT2D eigenvalue weighted by atomic mass is 19.4. The van der Waals surface area contributed by atoms with Gasteiger partial charge in [0, 0.05) is 12.4 Å². The Balaban J connectivity index is 2.50. The highest BCUT2D eigenvalue weighted by Gasteiger charge is 2.82. The van der Waals surface area contributed by atoms with Crippen LogP contribution in [0.5, 0.6) is 0 Å². The van der Waals surface area contributed by atoms with E-state index >= 15 is 0 Å². The van der Waals surface area contributed by atoms with Gasteiger partial charge in [-0.1, -0.05) is 12.7 Å². The van der Waals surface area contributed by atoms with E-state index < -0.39 is 29.6 Å². The maximum absolute atomic E-state index is 14.0. The van der Waals surface area contributed by atoms with Crippen molar-refractivity contribution in [3.63, 3.8) is 0 Å². The highest BCUT2D eigenvalue weighted by Crippen LogP contribution is 2.56. The molecular formula is C19H14F9N5. The Morgan fingerprint density at radius 2 is 1.48 bits per heavy atom. The van der Waals surface area contributed by atoms with Crippen LogP contribution in [0.4, 0.5) is 39.5 Å². The summed E-state index contributed by atoms with van der Waals surface area (Å²) in [4.78, 5) is 11.9. The van der Waals surface area contributed by atoms with Gasteiger partial charge in [-0.05, 0) is 37.6 Å². The van der Waals surface area contributed by atoms with Crippen LogP contribution in [-0.4, -0.2) is 43.9 Å². The summed E-state index contributed by atoms with van der Waals surface area (Å²) in [7, 11) is 0. The van der Waals surface area contributed by atoms with Gasteiger partial charge in [0.2, 0.25) is 0 Å². The van der Waals surface area contributed by atoms with Gasteiger partial charge in [-0.2, -0.15) is 39.5 Å². The van der Waals surface area contributed by atoms with Crippen molar-refractivity contribution in [2.45, 2.75) is 37.8 Å². The largest absolute Gasteiger partial charge is 0.460 e. The SMILES string of the molecule is C=C(/N=C(\C(C)=C/C)c1ccc(C(F)(F)C(F)(F)C(F)(F)C(F)(F)F)nn1)c1ncccn1. The molecule has 0 fully saturated rings. The van der Waals surface area contributed by atoms with E-state index in [9.17, 15) is 39.5 Å². The Morgan fingerprint density at radius 3 is 1.94 bits per heavy atom. The smallest absolute Gasteiger partial charge is 0.243 e. The number of rotatable bonds is 7. The number of hydrogen-bond donors (Lipinski definition) is 0. The maximum Gasteiger partial charge on any atom is 0.460 e. The molecule has 5 nitrogen and oxygen atoms in total. The van der Waals surface area contributed by atoms with Gasteiger partial charge >= 0.3 is 23.9 Å². The molecular weight excluding hydrogens is 469 g/mol. The summed E-state index contributed by atoms with van der Waals surface area (Å²) < 4.78 is 118. The van der Waals surface area contributed by atoms with E-state index in [-0.39, 0.29) is 29.0 Å². The van der Waals surface area contributed by atoms with Crippen LogP contribution >= 0.6 is 0 Å². The van der Waals surface area contributed by atoms with E-state index in [0.717, 1.165) is 0 Å². The number of halogens is 9. The summed E-state index contributed by atoms with van der Waals surface area (Å²) in [6, 6.07) is 2.34. The van der Waals surface area contributed by atoms with Crippen molar-refractivity contribution in [1.82, 2.24) is 20.2 Å². The average molecular weight is 483 g/mol. The molecule has 0 aliphatic rings. The topological polar surface area (TPSA) is 63.9 Å². The molecule has 14 heteroatoms. The average Bonchev–Trinajstić information content (AvgIpc) is 2.76. The third-order valence-electron chi connectivity index (χ3n) is 4.25. The first-order chi connectivity index (χ1) is 15.1. The van der Waals surface area contributed by atoms with Gasteiger partial charge in [0.15, 0.2) is 5.82 Å². The van der Waals surface area contributed by atoms with Gasteiger partial charge in [-0.3, -0.25) is 0 Å². The zero-order chi connectivity index (χ0) is 25.2. The van der Waals surface area contributed by atoms with Crippen LogP contribution in [-0.2, 0) is 5.92 Å². The molecule has 0 radical (unpaired) electrons. The predicted octanol–water partition coefficient (Wildman–Crippen LogP) is 5.62. The molecule has 2 rings (SSSR count). The second-order valence-electron chi connectivity index (χ2n) is 6.48. The molecule has 0 unspecified atom stereocenters. The van der Waals surface area contributed by atoms with Crippen molar-refractivity contribution in [3.8, 4) is 0 Å². The third-order valence-corrected chi connectivity index (χ3v) is 4.25. The number of alkyl halides is 9. The molecule has 0 aliphatic carbocycles. The van der Waals surface area contributed by atoms with Crippen LogP contribution in [0.15, 0.2) is 53.8 Å². The Morgan fingerprint density at radius 1 is 0.909 bits per heavy atom. The van der Waals surface area contributed by atoms with Crippen LogP contribution in [0.1, 0.15) is 31.1 Å². The van der Waals surface area contributed by atoms with Crippen molar-refractivity contribution in [2.24, 2.45) is 4.99 Å². The van der Waals surface area contributed by atoms with E-state index in [1.54, 1.807) is 6.92 Å². The minimum absolute atomic E-state index is 0.000593. The van der Waals surface area contributed by atoms with Crippen molar-refractivity contribution >= 4 is 11.4 Å². The zero-order valence-corrected chi connectivity index (χ0v) is 16.8. The Bertz CT molecular complexity index is 1060. The quantitative estimate of drug-likeness (QED) is 0.379. The van der Waals surface area contributed by atoms with Crippen LogP contribution in [0.25, 0.3) is 5.70 Å². The molecule has 2 aromatic heterocycles. The van der Waals surface area contributed by atoms with E-state index in [2.05, 4.69) is 31.7 Å². The van der Waals surface area contributed by atoms with E-state index in [4.69, 9.17) is 0 Å². The molecule has 0 amide bonds. The van der Waals surface area contributed by atoms with Gasteiger partial charge in [-0.15, -0.1) is 10.2 Å². The molecule has 2 aromatic rings. The minimum Gasteiger partial charge on any atom is -0.243 e. The Kier molecular flexibility index (Phi) is 7.00. The molecule has 0 atom stereocenters. The van der Waals surface area contributed by atoms with Gasteiger partial charge in [0.05, 0.1) is 5.71 Å². The minimum atomic E-state index is -7.04. The van der Waals surface area contributed by atoms with Crippen molar-refractivity contribution in [3.05, 3.63) is 66.0 Å². The molecule has 0 aromatic carbocycles. The summed E-state index contributed by atoms with van der Waals surface area (Å²) >= 11 is 0. The Hall–Kier alpha value is -3.32. The summed E-state index contributed by atoms with van der Waals surface area (Å²) in [6.45, 7) is 6.73. The summed E-state index contributed by atoms with van der Waals surface area (Å²) in [6.07, 6.45) is -2.65. The molecule has 2 heterocycles. The molecule has 0 bridgehead atoms. The van der Waals surface area contributed by atoms with Gasteiger partial charge in [0.25, 0.3) is 0 Å². The second-order valence-corrected chi connectivity index (χ2v) is 6.48. The molecule has 0 N–H and O–H groups in total. The summed E-state index contributed by atoms with van der Waals surface area (Å²) in [5.41, 5.74) is -2.03. The summed E-state index contributed by atoms with van der Waals surface area (Å²) in [5, 5.41) is 6.06. The molecule has 0 aliphatic heterocycles. The zero-order valence-electron chi connectivity index (χ0n) is 16.8. The van der Waals surface area contributed by atoms with Crippen LogP contribution < -0.4 is 0 Å². The molecule has 33 heavy (non-hydrogen) atoms. The number of aromatic nitrogens is 4. The van der Waals surface area contributed by atoms with E-state index in [1.807, 2.05) is 0 Å². The lowest BCUT2D eigenvalue weighted by Crippen LogP contribution is -2.59. The standard InChI is InChI=1S/C19H14F9N5/c1-4-10(2)14(31-11(3)15-29-8-5-9-30-15)12-6-7-13(33-32-12)16(20,21)17(22,23)18(24,25)19(26,27)28/h4-9H,3H2,1-2H3/b10-4-,31-14+. The van der Waals surface area contributed by atoms with E-state index in [0.29, 0.717) is 11.6 Å².